The summed E-state index contributed by atoms with van der Waals surface area (Å²) in [6.45, 7) is 5.31. The molecule has 0 amide bonds. The van der Waals surface area contributed by atoms with Crippen LogP contribution in [-0.2, 0) is 6.67 Å². The molecule has 130 valence electrons. The average molecular weight is 352 g/mol. The first-order chi connectivity index (χ1) is 11.6. The maximum absolute atomic E-state index is 5.69. The Morgan fingerprint density at radius 3 is 2.54 bits per heavy atom. The van der Waals surface area contributed by atoms with Crippen molar-refractivity contribution in [2.45, 2.75) is 6.67 Å². The molecule has 0 atom stereocenters. The summed E-state index contributed by atoms with van der Waals surface area (Å²) in [5.74, 6) is 1.81. The summed E-state index contributed by atoms with van der Waals surface area (Å²) in [6, 6.07) is 5.56. The minimum absolute atomic E-state index is 0.401. The molecular formula is C16H24N4O3S+2. The predicted octanol–water partition coefficient (Wildman–Crippen LogP) is -0.740. The molecule has 1 saturated heterocycles. The minimum atomic E-state index is 0.401. The summed E-state index contributed by atoms with van der Waals surface area (Å²) in [7, 11) is 5.45. The van der Waals surface area contributed by atoms with E-state index in [-0.39, 0.29) is 0 Å². The molecule has 0 saturated carbocycles. The molecular weight excluding hydrogens is 328 g/mol. The van der Waals surface area contributed by atoms with Crippen LogP contribution in [-0.4, -0.2) is 57.2 Å². The van der Waals surface area contributed by atoms with Crippen LogP contribution in [0.2, 0.25) is 0 Å². The highest BCUT2D eigenvalue weighted by Gasteiger charge is 2.21. The fourth-order valence-electron chi connectivity index (χ4n) is 2.89. The minimum Gasteiger partial charge on any atom is -0.493 e. The number of quaternary nitrogens is 2. The van der Waals surface area contributed by atoms with Crippen LogP contribution in [0.25, 0.3) is 11.5 Å². The van der Waals surface area contributed by atoms with Crippen LogP contribution >= 0.6 is 12.2 Å². The van der Waals surface area contributed by atoms with Crippen LogP contribution in [0.5, 0.6) is 11.5 Å². The Morgan fingerprint density at radius 1 is 1.17 bits per heavy atom. The molecule has 1 aliphatic rings. The quantitative estimate of drug-likeness (QED) is 0.695. The highest BCUT2D eigenvalue weighted by molar-refractivity contribution is 7.71. The number of hydrogen-bond donors (Lipinski definition) is 2. The Bertz CT molecular complexity index is 750. The van der Waals surface area contributed by atoms with Crippen molar-refractivity contribution in [1.82, 2.24) is 9.78 Å². The van der Waals surface area contributed by atoms with Crippen molar-refractivity contribution in [3.05, 3.63) is 23.0 Å². The molecule has 24 heavy (non-hydrogen) atoms. The van der Waals surface area contributed by atoms with Gasteiger partial charge >= 0.3 is 0 Å². The lowest BCUT2D eigenvalue weighted by Crippen LogP contribution is -3.26. The van der Waals surface area contributed by atoms with Gasteiger partial charge in [0.05, 0.1) is 21.3 Å². The second kappa shape index (κ2) is 7.33. The van der Waals surface area contributed by atoms with Gasteiger partial charge in [-0.3, -0.25) is 0 Å². The topological polar surface area (TPSA) is 58.3 Å². The molecule has 0 unspecified atom stereocenters. The third-order valence-corrected chi connectivity index (χ3v) is 4.71. The fraction of sp³-hybridized carbons (Fsp3) is 0.500. The molecule has 7 nitrogen and oxygen atoms in total. The zero-order chi connectivity index (χ0) is 17.1. The van der Waals surface area contributed by atoms with Crippen molar-refractivity contribution < 1.29 is 23.7 Å². The van der Waals surface area contributed by atoms with Crippen LogP contribution in [0.3, 0.4) is 0 Å². The molecule has 2 heterocycles. The van der Waals surface area contributed by atoms with E-state index in [2.05, 4.69) is 12.1 Å². The van der Waals surface area contributed by atoms with Gasteiger partial charge in [0.1, 0.15) is 26.2 Å². The van der Waals surface area contributed by atoms with Gasteiger partial charge in [-0.15, -0.1) is 5.10 Å². The summed E-state index contributed by atoms with van der Waals surface area (Å²) in [5.41, 5.74) is 0.815. The molecule has 1 fully saturated rings. The summed E-state index contributed by atoms with van der Waals surface area (Å²) in [6.07, 6.45) is 0. The van der Waals surface area contributed by atoms with Crippen LogP contribution in [0.4, 0.5) is 0 Å². The van der Waals surface area contributed by atoms with Crippen LogP contribution in [0.1, 0.15) is 0 Å². The van der Waals surface area contributed by atoms with E-state index in [0.717, 1.165) is 25.3 Å². The zero-order valence-corrected chi connectivity index (χ0v) is 15.1. The van der Waals surface area contributed by atoms with E-state index in [9.17, 15) is 0 Å². The van der Waals surface area contributed by atoms with E-state index in [0.29, 0.717) is 22.2 Å². The Morgan fingerprint density at radius 2 is 1.88 bits per heavy atom. The highest BCUT2D eigenvalue weighted by atomic mass is 32.1. The molecule has 1 aliphatic heterocycles. The van der Waals surface area contributed by atoms with Crippen molar-refractivity contribution in [3.63, 3.8) is 0 Å². The van der Waals surface area contributed by atoms with Crippen LogP contribution in [0.15, 0.2) is 22.6 Å². The third-order valence-electron chi connectivity index (χ3n) is 4.42. The summed E-state index contributed by atoms with van der Waals surface area (Å²) >= 11 is 5.33. The van der Waals surface area contributed by atoms with Gasteiger partial charge < -0.3 is 23.7 Å². The Balaban J connectivity index is 1.80. The maximum Gasteiger partial charge on any atom is 0.292 e. The van der Waals surface area contributed by atoms with E-state index < -0.39 is 0 Å². The van der Waals surface area contributed by atoms with Gasteiger partial charge in [-0.1, -0.05) is 0 Å². The lowest BCUT2D eigenvalue weighted by atomic mass is 10.2. The van der Waals surface area contributed by atoms with Crippen LogP contribution in [0, 0.1) is 4.84 Å². The van der Waals surface area contributed by atoms with Crippen molar-refractivity contribution in [1.29, 1.82) is 0 Å². The monoisotopic (exact) mass is 352 g/mol. The molecule has 0 aliphatic carbocycles. The third kappa shape index (κ3) is 3.61. The lowest BCUT2D eigenvalue weighted by molar-refractivity contribution is -1.02. The first kappa shape index (κ1) is 16.9. The first-order valence-electron chi connectivity index (χ1n) is 8.06. The summed E-state index contributed by atoms with van der Waals surface area (Å²) < 4.78 is 18.1. The normalized spacial score (nSPS) is 20.8. The van der Waals surface area contributed by atoms with Gasteiger partial charge in [-0.25, -0.2) is 0 Å². The predicted molar refractivity (Wildman–Crippen MR) is 91.2 cm³/mol. The van der Waals surface area contributed by atoms with Crippen molar-refractivity contribution >= 4 is 12.2 Å². The highest BCUT2D eigenvalue weighted by Crippen LogP contribution is 2.31. The van der Waals surface area contributed by atoms with Gasteiger partial charge in [-0.2, -0.15) is 4.68 Å². The van der Waals surface area contributed by atoms with Gasteiger partial charge in [0.25, 0.3) is 4.84 Å². The molecule has 1 aromatic carbocycles. The standard InChI is InChI=1S/C16H22N4O3S/c1-18-6-8-19(9-7-18)11-20-16(24)23-15(17-20)12-4-5-13(21-2)14(10-12)22-3/h4-5,10H,6-9,11H2,1-3H3/p+2. The maximum atomic E-state index is 5.69. The summed E-state index contributed by atoms with van der Waals surface area (Å²) in [5, 5.41) is 4.55. The largest absolute Gasteiger partial charge is 0.493 e. The number of nitrogens with zero attached hydrogens (tertiary/aromatic N) is 2. The number of rotatable bonds is 5. The number of aromatic nitrogens is 2. The molecule has 2 aromatic rings. The number of methoxy groups -OCH3 is 2. The Hall–Kier alpha value is -1.90. The van der Waals surface area contributed by atoms with Gasteiger partial charge in [0, 0.05) is 5.56 Å². The number of piperazine rings is 1. The Kier molecular flexibility index (Phi) is 5.17. The SMILES string of the molecule is COc1ccc(-c2nn(C[NH+]3CC[NH+](C)CC3)c(=S)o2)cc1OC. The number of nitrogens with one attached hydrogen (secondary N) is 2. The fourth-order valence-corrected chi connectivity index (χ4v) is 3.08. The van der Waals surface area contributed by atoms with Crippen molar-refractivity contribution in [2.24, 2.45) is 0 Å². The van der Waals surface area contributed by atoms with Crippen molar-refractivity contribution in [3.8, 4) is 23.0 Å². The van der Waals surface area contributed by atoms with E-state index >= 15 is 0 Å². The second-order valence-electron chi connectivity index (χ2n) is 6.11. The molecule has 1 aromatic heterocycles. The number of hydrogen-bond acceptors (Lipinski definition) is 5. The smallest absolute Gasteiger partial charge is 0.292 e. The van der Waals surface area contributed by atoms with Gasteiger partial charge in [0.15, 0.2) is 18.2 Å². The van der Waals surface area contributed by atoms with E-state index in [1.807, 2.05) is 18.2 Å². The van der Waals surface area contributed by atoms with Gasteiger partial charge in [-0.05, 0) is 30.4 Å². The van der Waals surface area contributed by atoms with Crippen LogP contribution < -0.4 is 19.3 Å². The number of ether oxygens (including phenoxy) is 2. The average Bonchev–Trinajstić information content (AvgIpc) is 2.97. The number of likely N-dealkylation sites (N-methyl/N-ethyl adjacent to an activating group) is 1. The van der Waals surface area contributed by atoms with E-state index in [1.54, 1.807) is 23.8 Å². The van der Waals surface area contributed by atoms with E-state index in [4.69, 9.17) is 26.1 Å². The molecule has 3 rings (SSSR count). The molecule has 0 bridgehead atoms. The molecule has 2 N–H and O–H groups in total. The molecule has 0 spiro atoms. The summed E-state index contributed by atoms with van der Waals surface area (Å²) in [4.78, 5) is 3.45. The Labute approximate surface area is 146 Å². The molecule has 0 radical (unpaired) electrons. The number of benzene rings is 1. The first-order valence-corrected chi connectivity index (χ1v) is 8.46. The molecule has 8 heteroatoms. The lowest BCUT2D eigenvalue weighted by Gasteiger charge is -2.26. The zero-order valence-electron chi connectivity index (χ0n) is 14.3. The van der Waals surface area contributed by atoms with E-state index in [1.165, 1.54) is 18.0 Å². The second-order valence-corrected chi connectivity index (χ2v) is 6.46. The van der Waals surface area contributed by atoms with Crippen molar-refractivity contribution in [2.75, 3.05) is 47.4 Å². The van der Waals surface area contributed by atoms with Gasteiger partial charge in [0.2, 0.25) is 5.89 Å².